The molecule has 11 heteroatoms. The molecule has 0 saturated carbocycles. The highest BCUT2D eigenvalue weighted by atomic mass is 32.2. The van der Waals surface area contributed by atoms with E-state index in [4.69, 9.17) is 4.42 Å². The number of carbonyl (C=O) groups is 1. The van der Waals surface area contributed by atoms with E-state index in [0.717, 1.165) is 22.0 Å². The Balaban J connectivity index is 1.71. The molecule has 0 spiro atoms. The highest BCUT2D eigenvalue weighted by Gasteiger charge is 2.36. The average Bonchev–Trinajstić information content (AvgIpc) is 3.55. The first-order chi connectivity index (χ1) is 17.5. The Bertz CT molecular complexity index is 1500. The van der Waals surface area contributed by atoms with Gasteiger partial charge in [0.1, 0.15) is 11.6 Å². The summed E-state index contributed by atoms with van der Waals surface area (Å²) in [6.07, 6.45) is 1.52. The number of benzene rings is 1. The quantitative estimate of drug-likeness (QED) is 0.292. The number of hydrogen-bond acceptors (Lipinski definition) is 7. The third-order valence-electron chi connectivity index (χ3n) is 6.16. The second-order valence-corrected chi connectivity index (χ2v) is 12.6. The van der Waals surface area contributed by atoms with Crippen molar-refractivity contribution in [3.63, 3.8) is 0 Å². The SMILES string of the molecule is Cc1cc(CN([C@@H](C)C(=O)N(Cc2cc(C)nn2C)CC(C)C)S(=O)(=O)c2ccc3occc3c2)sn1. The molecule has 0 aliphatic heterocycles. The molecule has 0 unspecified atom stereocenters. The zero-order chi connectivity index (χ0) is 26.9. The summed E-state index contributed by atoms with van der Waals surface area (Å²) in [4.78, 5) is 16.6. The van der Waals surface area contributed by atoms with E-state index in [1.54, 1.807) is 34.7 Å². The normalized spacial score (nSPS) is 13.1. The highest BCUT2D eigenvalue weighted by Crippen LogP contribution is 2.27. The van der Waals surface area contributed by atoms with Gasteiger partial charge in [-0.15, -0.1) is 0 Å². The lowest BCUT2D eigenvalue weighted by molar-refractivity contribution is -0.136. The molecule has 0 N–H and O–H groups in total. The van der Waals surface area contributed by atoms with Crippen LogP contribution >= 0.6 is 11.5 Å². The molecule has 1 amide bonds. The minimum atomic E-state index is -4.04. The number of carbonyl (C=O) groups excluding carboxylic acids is 1. The predicted molar refractivity (Wildman–Crippen MR) is 143 cm³/mol. The van der Waals surface area contributed by atoms with Gasteiger partial charge in [-0.05, 0) is 74.6 Å². The fourth-order valence-corrected chi connectivity index (χ4v) is 6.80. The second-order valence-electron chi connectivity index (χ2n) is 9.79. The van der Waals surface area contributed by atoms with Gasteiger partial charge in [0.15, 0.2) is 0 Å². The molecule has 0 aliphatic rings. The number of aryl methyl sites for hydroxylation is 3. The number of sulfonamides is 1. The standard InChI is InChI=1S/C26H33N5O4S2/c1-17(2)14-30(15-22-11-18(3)27-29(22)6)26(32)20(5)31(16-23-12-19(4)28-36-23)37(33,34)24-7-8-25-21(13-24)9-10-35-25/h7-13,17,20H,14-16H2,1-6H3/t20-/m0/s1. The van der Waals surface area contributed by atoms with Gasteiger partial charge in [-0.1, -0.05) is 13.8 Å². The van der Waals surface area contributed by atoms with Crippen molar-refractivity contribution in [3.8, 4) is 0 Å². The number of nitrogens with zero attached hydrogens (tertiary/aromatic N) is 5. The molecule has 9 nitrogen and oxygen atoms in total. The van der Waals surface area contributed by atoms with Crippen LogP contribution in [-0.2, 0) is 35.0 Å². The Hall–Kier alpha value is -3.02. The molecule has 1 aromatic carbocycles. The molecule has 37 heavy (non-hydrogen) atoms. The lowest BCUT2D eigenvalue weighted by Gasteiger charge is -2.33. The molecule has 3 aromatic heterocycles. The lowest BCUT2D eigenvalue weighted by atomic mass is 10.1. The van der Waals surface area contributed by atoms with Gasteiger partial charge < -0.3 is 9.32 Å². The molecule has 0 radical (unpaired) electrons. The first-order valence-corrected chi connectivity index (χ1v) is 14.4. The number of fused-ring (bicyclic) bond motifs is 1. The summed E-state index contributed by atoms with van der Waals surface area (Å²) in [5.41, 5.74) is 3.16. The first-order valence-electron chi connectivity index (χ1n) is 12.2. The van der Waals surface area contributed by atoms with Crippen LogP contribution in [0.3, 0.4) is 0 Å². The minimum absolute atomic E-state index is 0.0461. The number of rotatable bonds is 10. The smallest absolute Gasteiger partial charge is 0.244 e. The van der Waals surface area contributed by atoms with Crippen LogP contribution in [0.2, 0.25) is 0 Å². The first kappa shape index (κ1) is 27.0. The summed E-state index contributed by atoms with van der Waals surface area (Å²) in [6, 6.07) is 9.32. The van der Waals surface area contributed by atoms with Crippen LogP contribution in [0.1, 0.15) is 42.7 Å². The second kappa shape index (κ2) is 10.8. The molecule has 0 aliphatic carbocycles. The summed E-state index contributed by atoms with van der Waals surface area (Å²) >= 11 is 1.24. The lowest BCUT2D eigenvalue weighted by Crippen LogP contribution is -2.49. The van der Waals surface area contributed by atoms with E-state index >= 15 is 0 Å². The molecule has 0 saturated heterocycles. The van der Waals surface area contributed by atoms with E-state index in [-0.39, 0.29) is 23.3 Å². The summed E-state index contributed by atoms with van der Waals surface area (Å²) in [5, 5.41) is 5.08. The topological polar surface area (TPSA) is 102 Å². The van der Waals surface area contributed by atoms with Gasteiger partial charge in [0.05, 0.1) is 41.3 Å². The molecular weight excluding hydrogens is 510 g/mol. The van der Waals surface area contributed by atoms with Crippen molar-refractivity contribution >= 4 is 38.4 Å². The van der Waals surface area contributed by atoms with Crippen molar-refractivity contribution in [2.45, 2.75) is 58.6 Å². The van der Waals surface area contributed by atoms with Gasteiger partial charge in [0.2, 0.25) is 15.9 Å². The van der Waals surface area contributed by atoms with Crippen molar-refractivity contribution in [1.82, 2.24) is 23.4 Å². The summed E-state index contributed by atoms with van der Waals surface area (Å²) in [6.45, 7) is 10.4. The van der Waals surface area contributed by atoms with Crippen LogP contribution in [0.25, 0.3) is 11.0 Å². The van der Waals surface area contributed by atoms with Gasteiger partial charge in [-0.2, -0.15) is 13.8 Å². The Morgan fingerprint density at radius 3 is 2.46 bits per heavy atom. The van der Waals surface area contributed by atoms with Gasteiger partial charge in [0.25, 0.3) is 0 Å². The zero-order valence-corrected chi connectivity index (χ0v) is 23.6. The van der Waals surface area contributed by atoms with E-state index in [0.29, 0.717) is 24.1 Å². The fourth-order valence-electron chi connectivity index (χ4n) is 4.38. The Morgan fingerprint density at radius 1 is 1.08 bits per heavy atom. The molecule has 3 heterocycles. The zero-order valence-electron chi connectivity index (χ0n) is 22.0. The number of hydrogen-bond donors (Lipinski definition) is 0. The number of amides is 1. The Morgan fingerprint density at radius 2 is 1.84 bits per heavy atom. The van der Waals surface area contributed by atoms with Gasteiger partial charge in [0, 0.05) is 23.9 Å². The van der Waals surface area contributed by atoms with E-state index in [1.165, 1.54) is 28.2 Å². The highest BCUT2D eigenvalue weighted by molar-refractivity contribution is 7.89. The molecule has 0 bridgehead atoms. The monoisotopic (exact) mass is 543 g/mol. The van der Waals surface area contributed by atoms with Crippen LogP contribution in [0.15, 0.2) is 52.0 Å². The predicted octanol–water partition coefficient (Wildman–Crippen LogP) is 4.50. The van der Waals surface area contributed by atoms with Crippen LogP contribution in [0, 0.1) is 19.8 Å². The van der Waals surface area contributed by atoms with Crippen LogP contribution in [-0.4, -0.2) is 50.3 Å². The molecular formula is C26H33N5O4S2. The largest absolute Gasteiger partial charge is 0.464 e. The summed E-state index contributed by atoms with van der Waals surface area (Å²) < 4.78 is 40.8. The maximum Gasteiger partial charge on any atom is 0.244 e. The van der Waals surface area contributed by atoms with E-state index in [9.17, 15) is 13.2 Å². The van der Waals surface area contributed by atoms with Gasteiger partial charge in [-0.25, -0.2) is 8.42 Å². The molecule has 198 valence electrons. The van der Waals surface area contributed by atoms with Gasteiger partial charge >= 0.3 is 0 Å². The molecule has 1 atom stereocenters. The average molecular weight is 544 g/mol. The Kier molecular flexibility index (Phi) is 7.86. The van der Waals surface area contributed by atoms with Crippen molar-refractivity contribution in [2.75, 3.05) is 6.54 Å². The molecule has 4 rings (SSSR count). The van der Waals surface area contributed by atoms with Crippen molar-refractivity contribution < 1.29 is 17.6 Å². The van der Waals surface area contributed by atoms with E-state index in [1.807, 2.05) is 46.9 Å². The fraction of sp³-hybridized carbons (Fsp3) is 0.423. The minimum Gasteiger partial charge on any atom is -0.464 e. The molecule has 4 aromatic rings. The van der Waals surface area contributed by atoms with Gasteiger partial charge in [-0.3, -0.25) is 9.48 Å². The van der Waals surface area contributed by atoms with E-state index in [2.05, 4.69) is 9.47 Å². The molecule has 0 fully saturated rings. The summed E-state index contributed by atoms with van der Waals surface area (Å²) in [5.74, 6) is -0.0649. The van der Waals surface area contributed by atoms with Crippen molar-refractivity contribution in [3.05, 3.63) is 64.6 Å². The van der Waals surface area contributed by atoms with Crippen molar-refractivity contribution in [1.29, 1.82) is 0 Å². The third-order valence-corrected chi connectivity index (χ3v) is 8.93. The summed E-state index contributed by atoms with van der Waals surface area (Å²) in [7, 11) is -2.19. The van der Waals surface area contributed by atoms with Crippen LogP contribution in [0.5, 0.6) is 0 Å². The van der Waals surface area contributed by atoms with Crippen LogP contribution < -0.4 is 0 Å². The van der Waals surface area contributed by atoms with Crippen molar-refractivity contribution in [2.24, 2.45) is 13.0 Å². The maximum absolute atomic E-state index is 14.0. The number of aromatic nitrogens is 3. The number of furan rings is 1. The van der Waals surface area contributed by atoms with E-state index < -0.39 is 16.1 Å². The third kappa shape index (κ3) is 5.94. The maximum atomic E-state index is 14.0. The van der Waals surface area contributed by atoms with Crippen LogP contribution in [0.4, 0.5) is 0 Å². The Labute approximate surface area is 221 Å².